The fourth-order valence-electron chi connectivity index (χ4n) is 2.09. The van der Waals surface area contributed by atoms with Crippen LogP contribution in [0, 0.1) is 0 Å². The fourth-order valence-corrected chi connectivity index (χ4v) is 2.09. The molecule has 5 heteroatoms. The van der Waals surface area contributed by atoms with Gasteiger partial charge in [-0.2, -0.15) is 0 Å². The number of ether oxygens (including phenoxy) is 1. The molecule has 0 aromatic carbocycles. The van der Waals surface area contributed by atoms with Gasteiger partial charge in [-0.3, -0.25) is 0 Å². The summed E-state index contributed by atoms with van der Waals surface area (Å²) in [5.41, 5.74) is -0.461. The summed E-state index contributed by atoms with van der Waals surface area (Å²) in [5, 5.41) is 3.39. The third-order valence-electron chi connectivity index (χ3n) is 2.94. The molecule has 1 unspecified atom stereocenters. The van der Waals surface area contributed by atoms with Crippen LogP contribution in [0.2, 0.25) is 0 Å². The summed E-state index contributed by atoms with van der Waals surface area (Å²) in [7, 11) is 0. The second-order valence-electron chi connectivity index (χ2n) is 5.80. The van der Waals surface area contributed by atoms with E-state index in [0.29, 0.717) is 13.1 Å². The van der Waals surface area contributed by atoms with Crippen molar-refractivity contribution < 1.29 is 13.9 Å². The summed E-state index contributed by atoms with van der Waals surface area (Å²) in [4.78, 5) is 13.9. The number of carbonyl (C=O) groups excluding carboxylic acids is 1. The van der Waals surface area contributed by atoms with Crippen LogP contribution >= 0.6 is 0 Å². The van der Waals surface area contributed by atoms with E-state index in [1.807, 2.05) is 32.9 Å². The van der Waals surface area contributed by atoms with Gasteiger partial charge in [-0.1, -0.05) is 0 Å². The van der Waals surface area contributed by atoms with Crippen molar-refractivity contribution >= 4 is 6.09 Å². The van der Waals surface area contributed by atoms with Gasteiger partial charge in [0.15, 0.2) is 0 Å². The van der Waals surface area contributed by atoms with Crippen molar-refractivity contribution in [2.75, 3.05) is 19.6 Å². The molecular weight excluding hydrogens is 244 g/mol. The minimum Gasteiger partial charge on any atom is -0.468 e. The highest BCUT2D eigenvalue weighted by Crippen LogP contribution is 2.19. The number of nitrogens with one attached hydrogen (secondary N) is 1. The third-order valence-corrected chi connectivity index (χ3v) is 2.94. The van der Waals surface area contributed by atoms with Crippen LogP contribution in [0.15, 0.2) is 22.8 Å². The lowest BCUT2D eigenvalue weighted by molar-refractivity contribution is 0.0244. The zero-order chi connectivity index (χ0) is 13.9. The van der Waals surface area contributed by atoms with Crippen LogP contribution < -0.4 is 5.32 Å². The normalized spacial score (nSPS) is 21.0. The zero-order valence-electron chi connectivity index (χ0n) is 11.8. The lowest BCUT2D eigenvalue weighted by atomic mass is 10.2. The monoisotopic (exact) mass is 266 g/mol. The Bertz CT molecular complexity index is 409. The summed E-state index contributed by atoms with van der Waals surface area (Å²) in [6, 6.07) is 3.82. The largest absolute Gasteiger partial charge is 0.468 e. The fraction of sp³-hybridized carbons (Fsp3) is 0.643. The first-order valence-electron chi connectivity index (χ1n) is 6.70. The molecule has 1 aliphatic rings. The van der Waals surface area contributed by atoms with Crippen molar-refractivity contribution in [3.05, 3.63) is 24.2 Å². The first kappa shape index (κ1) is 13.9. The van der Waals surface area contributed by atoms with E-state index >= 15 is 0 Å². The van der Waals surface area contributed by atoms with Gasteiger partial charge < -0.3 is 19.4 Å². The van der Waals surface area contributed by atoms with Gasteiger partial charge in [0, 0.05) is 13.1 Å². The first-order chi connectivity index (χ1) is 8.96. The maximum Gasteiger partial charge on any atom is 0.410 e. The summed E-state index contributed by atoms with van der Waals surface area (Å²) in [5.74, 6) is 0.857. The average molecular weight is 266 g/mol. The number of rotatable bonds is 1. The Balaban J connectivity index is 2.02. The molecule has 19 heavy (non-hydrogen) atoms. The Morgan fingerprint density at radius 1 is 1.53 bits per heavy atom. The Hall–Kier alpha value is -1.49. The molecule has 0 spiro atoms. The van der Waals surface area contributed by atoms with Crippen LogP contribution in [-0.4, -0.2) is 36.2 Å². The van der Waals surface area contributed by atoms with Crippen LogP contribution in [0.1, 0.15) is 39.0 Å². The van der Waals surface area contributed by atoms with Gasteiger partial charge in [0.1, 0.15) is 11.4 Å². The Labute approximate surface area is 113 Å². The summed E-state index contributed by atoms with van der Waals surface area (Å²) < 4.78 is 10.8. The quantitative estimate of drug-likeness (QED) is 0.848. The number of nitrogens with zero attached hydrogens (tertiary/aromatic N) is 1. The van der Waals surface area contributed by atoms with E-state index in [1.165, 1.54) is 0 Å². The Morgan fingerprint density at radius 2 is 2.32 bits per heavy atom. The van der Waals surface area contributed by atoms with Gasteiger partial charge in [0.25, 0.3) is 0 Å². The number of hydrogen-bond donors (Lipinski definition) is 1. The maximum absolute atomic E-state index is 12.1. The van der Waals surface area contributed by atoms with Crippen LogP contribution in [0.4, 0.5) is 4.79 Å². The molecule has 1 fully saturated rings. The first-order valence-corrected chi connectivity index (χ1v) is 6.70. The SMILES string of the molecule is CC(C)(C)OC(=O)N1CCCNC(c2ccco2)C1. The van der Waals surface area contributed by atoms with Crippen LogP contribution in [0.5, 0.6) is 0 Å². The van der Waals surface area contributed by atoms with Crippen molar-refractivity contribution in [1.29, 1.82) is 0 Å². The van der Waals surface area contributed by atoms with Crippen molar-refractivity contribution in [1.82, 2.24) is 10.2 Å². The van der Waals surface area contributed by atoms with Crippen LogP contribution in [0.3, 0.4) is 0 Å². The van der Waals surface area contributed by atoms with Gasteiger partial charge >= 0.3 is 6.09 Å². The molecule has 0 saturated carbocycles. The second kappa shape index (κ2) is 5.65. The topological polar surface area (TPSA) is 54.7 Å². The minimum absolute atomic E-state index is 0.0324. The highest BCUT2D eigenvalue weighted by Gasteiger charge is 2.27. The van der Waals surface area contributed by atoms with E-state index in [9.17, 15) is 4.79 Å². The lowest BCUT2D eigenvalue weighted by Crippen LogP contribution is -2.39. The zero-order valence-corrected chi connectivity index (χ0v) is 11.8. The van der Waals surface area contributed by atoms with Gasteiger partial charge in [-0.05, 0) is 45.9 Å². The molecule has 0 radical (unpaired) electrons. The molecule has 1 N–H and O–H groups in total. The number of carbonyl (C=O) groups is 1. The van der Waals surface area contributed by atoms with Gasteiger partial charge in [0.2, 0.25) is 0 Å². The summed E-state index contributed by atoms with van der Waals surface area (Å²) >= 11 is 0. The minimum atomic E-state index is -0.461. The Kier molecular flexibility index (Phi) is 4.14. The molecule has 1 amide bonds. The molecule has 1 aliphatic heterocycles. The van der Waals surface area contributed by atoms with Crippen LogP contribution in [0.25, 0.3) is 0 Å². The van der Waals surface area contributed by atoms with Crippen molar-refractivity contribution in [3.63, 3.8) is 0 Å². The van der Waals surface area contributed by atoms with E-state index in [2.05, 4.69) is 5.32 Å². The highest BCUT2D eigenvalue weighted by atomic mass is 16.6. The molecule has 0 bridgehead atoms. The van der Waals surface area contributed by atoms with E-state index in [1.54, 1.807) is 11.2 Å². The van der Waals surface area contributed by atoms with E-state index < -0.39 is 5.60 Å². The van der Waals surface area contributed by atoms with Crippen molar-refractivity contribution in [2.24, 2.45) is 0 Å². The standard InChI is InChI=1S/C14H22N2O3/c1-14(2,3)19-13(17)16-8-5-7-15-11(10-16)12-6-4-9-18-12/h4,6,9,11,15H,5,7-8,10H2,1-3H3. The third kappa shape index (κ3) is 3.99. The average Bonchev–Trinajstić information content (AvgIpc) is 2.71. The van der Waals surface area contributed by atoms with Crippen molar-refractivity contribution in [3.8, 4) is 0 Å². The molecule has 1 aromatic heterocycles. The summed E-state index contributed by atoms with van der Waals surface area (Å²) in [6.07, 6.45) is 2.31. The van der Waals surface area contributed by atoms with E-state index in [-0.39, 0.29) is 12.1 Å². The van der Waals surface area contributed by atoms with Gasteiger partial charge in [0.05, 0.1) is 12.3 Å². The van der Waals surface area contributed by atoms with Gasteiger partial charge in [-0.15, -0.1) is 0 Å². The molecule has 106 valence electrons. The molecule has 0 aliphatic carbocycles. The predicted molar refractivity (Wildman–Crippen MR) is 71.9 cm³/mol. The van der Waals surface area contributed by atoms with E-state index in [4.69, 9.17) is 9.15 Å². The van der Waals surface area contributed by atoms with Crippen molar-refractivity contribution in [2.45, 2.75) is 38.8 Å². The smallest absolute Gasteiger partial charge is 0.410 e. The summed E-state index contributed by atoms with van der Waals surface area (Å²) in [6.45, 7) is 7.78. The molecule has 2 rings (SSSR count). The maximum atomic E-state index is 12.1. The molecule has 5 nitrogen and oxygen atoms in total. The Morgan fingerprint density at radius 3 is 2.95 bits per heavy atom. The lowest BCUT2D eigenvalue weighted by Gasteiger charge is -2.27. The number of amides is 1. The van der Waals surface area contributed by atoms with Gasteiger partial charge in [-0.25, -0.2) is 4.79 Å². The molecule has 1 aromatic rings. The van der Waals surface area contributed by atoms with E-state index in [0.717, 1.165) is 18.7 Å². The van der Waals surface area contributed by atoms with Crippen LogP contribution in [-0.2, 0) is 4.74 Å². The molecule has 2 heterocycles. The molecular formula is C14H22N2O3. The number of hydrogen-bond acceptors (Lipinski definition) is 4. The predicted octanol–water partition coefficient (Wildman–Crippen LogP) is 2.55. The molecule has 1 saturated heterocycles. The second-order valence-corrected chi connectivity index (χ2v) is 5.80. The highest BCUT2D eigenvalue weighted by molar-refractivity contribution is 5.68. The number of furan rings is 1. The molecule has 1 atom stereocenters.